The van der Waals surface area contributed by atoms with E-state index < -0.39 is 11.8 Å². The third kappa shape index (κ3) is 6.99. The van der Waals surface area contributed by atoms with Crippen molar-refractivity contribution in [2.75, 3.05) is 0 Å². The number of fused-ring (bicyclic) bond motifs is 2. The van der Waals surface area contributed by atoms with Crippen molar-refractivity contribution in [2.24, 2.45) is 0 Å². The molecule has 0 amide bonds. The van der Waals surface area contributed by atoms with Gasteiger partial charge in [0.1, 0.15) is 20.8 Å². The fourth-order valence-corrected chi connectivity index (χ4v) is 6.89. The summed E-state index contributed by atoms with van der Waals surface area (Å²) in [6.07, 6.45) is 4.28. The molecule has 47 heavy (non-hydrogen) atoms. The van der Waals surface area contributed by atoms with Crippen LogP contribution in [0.15, 0.2) is 82.0 Å². The van der Waals surface area contributed by atoms with Crippen molar-refractivity contribution in [3.63, 3.8) is 0 Å². The minimum Gasteiger partial charge on any atom is -0.478 e. The van der Waals surface area contributed by atoms with E-state index in [2.05, 4.69) is 47.2 Å². The number of rotatable bonds is 4. The Morgan fingerprint density at radius 3 is 1.89 bits per heavy atom. The Morgan fingerprint density at radius 2 is 1.32 bits per heavy atom. The lowest BCUT2D eigenvalue weighted by Crippen LogP contribution is -2.16. The molecular weight excluding hydrogens is 781 g/mol. The van der Waals surface area contributed by atoms with Crippen LogP contribution in [0.5, 0.6) is 0 Å². The Balaban J connectivity index is 0.000000136. The summed E-state index contributed by atoms with van der Waals surface area (Å²) in [4.78, 5) is 23.9. The SMILES string of the molecule is Fc1cccc2n[nH]c(Br)c12.O=C(O)c1c(Cl)cccc1C1CC1.O=C(c1c(Cl)cccc1C1CC1)n1nc(Br)c2c(F)cccc21. The van der Waals surface area contributed by atoms with E-state index in [1.807, 2.05) is 24.3 Å². The Kier molecular flexibility index (Phi) is 9.80. The maximum atomic E-state index is 14.0. The van der Waals surface area contributed by atoms with E-state index in [0.29, 0.717) is 58.5 Å². The van der Waals surface area contributed by atoms with Gasteiger partial charge in [-0.1, -0.05) is 59.6 Å². The monoisotopic (exact) mass is 802 g/mol. The Labute approximate surface area is 294 Å². The predicted octanol–water partition coefficient (Wildman–Crippen LogP) is 10.5. The van der Waals surface area contributed by atoms with Crippen molar-refractivity contribution < 1.29 is 23.5 Å². The van der Waals surface area contributed by atoms with Gasteiger partial charge in [-0.05, 0) is 117 Å². The molecule has 240 valence electrons. The summed E-state index contributed by atoms with van der Waals surface area (Å²) in [5.74, 6) is -1.15. The molecule has 0 bridgehead atoms. The van der Waals surface area contributed by atoms with Gasteiger partial charge in [0, 0.05) is 0 Å². The van der Waals surface area contributed by atoms with Gasteiger partial charge < -0.3 is 5.11 Å². The molecule has 2 N–H and O–H groups in total. The van der Waals surface area contributed by atoms with E-state index >= 15 is 0 Å². The molecule has 0 saturated heterocycles. The minimum absolute atomic E-state index is 0.261. The fraction of sp³-hybridized carbons (Fsp3) is 0.176. The summed E-state index contributed by atoms with van der Waals surface area (Å²) in [6.45, 7) is 0. The molecule has 7 nitrogen and oxygen atoms in total. The second kappa shape index (κ2) is 13.8. The summed E-state index contributed by atoms with van der Waals surface area (Å²) in [5.41, 5.74) is 3.63. The largest absolute Gasteiger partial charge is 0.478 e. The van der Waals surface area contributed by atoms with Crippen LogP contribution in [-0.2, 0) is 0 Å². The summed E-state index contributed by atoms with van der Waals surface area (Å²) in [6, 6.07) is 20.1. The van der Waals surface area contributed by atoms with Crippen molar-refractivity contribution in [2.45, 2.75) is 37.5 Å². The number of aromatic nitrogens is 4. The second-order valence-electron chi connectivity index (χ2n) is 11.1. The number of benzene rings is 4. The number of nitrogens with zero attached hydrogens (tertiary/aromatic N) is 3. The number of nitrogens with one attached hydrogen (secondary N) is 1. The van der Waals surface area contributed by atoms with Crippen LogP contribution < -0.4 is 0 Å². The van der Waals surface area contributed by atoms with Crippen LogP contribution in [-0.4, -0.2) is 37.0 Å². The van der Waals surface area contributed by atoms with Gasteiger partial charge in [-0.15, -0.1) is 0 Å². The van der Waals surface area contributed by atoms with Gasteiger partial charge in [0.05, 0.1) is 43.0 Å². The maximum absolute atomic E-state index is 14.0. The van der Waals surface area contributed by atoms with Crippen molar-refractivity contribution in [1.29, 1.82) is 0 Å². The zero-order chi connectivity index (χ0) is 33.4. The number of aromatic amines is 1. The highest BCUT2D eigenvalue weighted by Crippen LogP contribution is 2.44. The maximum Gasteiger partial charge on any atom is 0.337 e. The van der Waals surface area contributed by atoms with Gasteiger partial charge in [0.25, 0.3) is 5.91 Å². The van der Waals surface area contributed by atoms with Crippen molar-refractivity contribution in [3.8, 4) is 0 Å². The van der Waals surface area contributed by atoms with Gasteiger partial charge in [-0.2, -0.15) is 14.9 Å². The van der Waals surface area contributed by atoms with Gasteiger partial charge in [0.15, 0.2) is 0 Å². The Hall–Kier alpha value is -3.64. The quantitative estimate of drug-likeness (QED) is 0.185. The highest BCUT2D eigenvalue weighted by molar-refractivity contribution is 9.10. The molecule has 0 radical (unpaired) electrons. The molecule has 0 unspecified atom stereocenters. The molecule has 4 aromatic carbocycles. The summed E-state index contributed by atoms with van der Waals surface area (Å²) >= 11 is 18.5. The smallest absolute Gasteiger partial charge is 0.337 e. The number of carboxylic acids is 1. The van der Waals surface area contributed by atoms with Crippen LogP contribution in [0, 0.1) is 11.6 Å². The van der Waals surface area contributed by atoms with Crippen molar-refractivity contribution in [1.82, 2.24) is 20.0 Å². The third-order valence-corrected chi connectivity index (χ3v) is 9.60. The molecule has 2 aliphatic carbocycles. The predicted molar refractivity (Wildman–Crippen MR) is 185 cm³/mol. The molecule has 8 rings (SSSR count). The molecule has 0 atom stereocenters. The minimum atomic E-state index is -0.924. The van der Waals surface area contributed by atoms with Crippen LogP contribution in [0.25, 0.3) is 21.8 Å². The van der Waals surface area contributed by atoms with Crippen LogP contribution in [0.4, 0.5) is 8.78 Å². The van der Waals surface area contributed by atoms with E-state index in [0.717, 1.165) is 36.8 Å². The number of hydrogen-bond donors (Lipinski definition) is 2. The van der Waals surface area contributed by atoms with E-state index in [1.54, 1.807) is 36.4 Å². The molecule has 2 saturated carbocycles. The summed E-state index contributed by atoms with van der Waals surface area (Å²) in [5, 5.41) is 21.2. The molecule has 0 aliphatic heterocycles. The van der Waals surface area contributed by atoms with Crippen LogP contribution in [0.2, 0.25) is 10.0 Å². The first-order valence-corrected chi connectivity index (χ1v) is 16.9. The normalized spacial score (nSPS) is 13.9. The number of carbonyl (C=O) groups is 2. The van der Waals surface area contributed by atoms with E-state index in [4.69, 9.17) is 28.3 Å². The lowest BCUT2D eigenvalue weighted by Gasteiger charge is -2.10. The topological polar surface area (TPSA) is 101 Å². The van der Waals surface area contributed by atoms with E-state index in [1.165, 1.54) is 16.8 Å². The number of hydrogen-bond acceptors (Lipinski definition) is 4. The molecular formula is C34H24Br2Cl2F2N4O3. The zero-order valence-electron chi connectivity index (χ0n) is 24.3. The standard InChI is InChI=1S/C17H11BrClFN2O.C10H9ClO2.C7H4BrFN2/c18-16-15-12(20)5-2-6-13(15)22(21-16)17(23)14-10(9-7-8-9)3-1-4-11(14)19;11-8-3-1-2-7(6-4-5-6)9(8)10(12)13;8-7-6-4(9)2-1-3-5(6)10-11-7/h1-6,9H,7-8H2;1-3,6H,4-5H2,(H,12,13);1-3H,(H,10,11). The van der Waals surface area contributed by atoms with E-state index in [9.17, 15) is 18.4 Å². The molecule has 2 heterocycles. The average molecular weight is 805 g/mol. The molecule has 0 spiro atoms. The van der Waals surface area contributed by atoms with Crippen molar-refractivity contribution in [3.05, 3.63) is 126 Å². The highest BCUT2D eigenvalue weighted by Gasteiger charge is 2.31. The summed E-state index contributed by atoms with van der Waals surface area (Å²) in [7, 11) is 0. The number of halogens is 6. The molecule has 6 aromatic rings. The van der Waals surface area contributed by atoms with Gasteiger partial charge in [-0.3, -0.25) is 9.89 Å². The Bertz CT molecular complexity index is 2160. The molecule has 2 fully saturated rings. The second-order valence-corrected chi connectivity index (χ2v) is 13.4. The highest BCUT2D eigenvalue weighted by atomic mass is 79.9. The number of H-pyrrole nitrogens is 1. The van der Waals surface area contributed by atoms with Crippen LogP contribution in [0.3, 0.4) is 0 Å². The Morgan fingerprint density at radius 1 is 0.787 bits per heavy atom. The average Bonchev–Trinajstić information content (AvgIpc) is 3.98. The first kappa shape index (κ1) is 33.3. The molecule has 2 aliphatic rings. The number of carboxylic acid groups (broad SMARTS) is 1. The lowest BCUT2D eigenvalue weighted by atomic mass is 10.0. The van der Waals surface area contributed by atoms with Gasteiger partial charge >= 0.3 is 5.97 Å². The number of aromatic carboxylic acids is 1. The van der Waals surface area contributed by atoms with Gasteiger partial charge in [-0.25, -0.2) is 13.6 Å². The van der Waals surface area contributed by atoms with Crippen molar-refractivity contribution >= 4 is 88.7 Å². The fourth-order valence-electron chi connectivity index (χ4n) is 5.34. The zero-order valence-corrected chi connectivity index (χ0v) is 29.0. The summed E-state index contributed by atoms with van der Waals surface area (Å²) < 4.78 is 29.1. The molecule has 13 heteroatoms. The first-order chi connectivity index (χ1) is 22.6. The van der Waals surface area contributed by atoms with E-state index in [-0.39, 0.29) is 17.3 Å². The molecule has 2 aromatic heterocycles. The van der Waals surface area contributed by atoms with Gasteiger partial charge in [0.2, 0.25) is 0 Å². The van der Waals surface area contributed by atoms with Crippen LogP contribution in [0.1, 0.15) is 69.4 Å². The third-order valence-electron chi connectivity index (χ3n) is 7.85. The van der Waals surface area contributed by atoms with Crippen LogP contribution >= 0.6 is 55.1 Å². The lowest BCUT2D eigenvalue weighted by molar-refractivity contribution is 0.0695. The first-order valence-electron chi connectivity index (χ1n) is 14.5. The number of carbonyl (C=O) groups excluding carboxylic acids is 1.